The van der Waals surface area contributed by atoms with Gasteiger partial charge in [-0.15, -0.1) is 10.2 Å². The van der Waals surface area contributed by atoms with Gasteiger partial charge in [0.2, 0.25) is 0 Å². The van der Waals surface area contributed by atoms with Gasteiger partial charge in [-0.3, -0.25) is 9.78 Å². The first kappa shape index (κ1) is 13.9. The van der Waals surface area contributed by atoms with Gasteiger partial charge in [-0.2, -0.15) is 5.26 Å². The summed E-state index contributed by atoms with van der Waals surface area (Å²) in [7, 11) is 0. The van der Waals surface area contributed by atoms with E-state index >= 15 is 0 Å². The molecule has 0 saturated heterocycles. The van der Waals surface area contributed by atoms with Crippen LogP contribution in [0.3, 0.4) is 0 Å². The number of rotatable bonds is 3. The lowest BCUT2D eigenvalue weighted by molar-refractivity contribution is 0.904. The van der Waals surface area contributed by atoms with Gasteiger partial charge in [0.05, 0.1) is 5.56 Å². The molecule has 0 unspecified atom stereocenters. The summed E-state index contributed by atoms with van der Waals surface area (Å²) in [4.78, 5) is 27.5. The van der Waals surface area contributed by atoms with Crippen molar-refractivity contribution >= 4 is 0 Å². The van der Waals surface area contributed by atoms with E-state index in [1.165, 1.54) is 6.20 Å². The molecule has 2 aromatic heterocycles. The van der Waals surface area contributed by atoms with E-state index in [2.05, 4.69) is 26.7 Å². The first-order valence-electron chi connectivity index (χ1n) is 6.76. The van der Waals surface area contributed by atoms with Crippen molar-refractivity contribution in [1.82, 2.24) is 20.2 Å². The Morgan fingerprint density at radius 3 is 2.82 bits per heavy atom. The summed E-state index contributed by atoms with van der Waals surface area (Å²) >= 11 is 0. The maximum absolute atomic E-state index is 11.8. The standard InChI is InChI=1S/C15H13N5O2/c1-7(2)8-3-9(8)10-4-12(19-20-13(10)5-16)11-6-17-15(22)18-14(11)21/h4,6,8-9H,1,3H2,2H3,(H2,17,18,21,22)/t8-,9+/m1/s1. The molecule has 2 aromatic rings. The molecule has 1 fully saturated rings. The fourth-order valence-electron chi connectivity index (χ4n) is 2.59. The maximum atomic E-state index is 11.8. The summed E-state index contributed by atoms with van der Waals surface area (Å²) in [5.74, 6) is 0.515. The number of nitrogens with one attached hydrogen (secondary N) is 2. The summed E-state index contributed by atoms with van der Waals surface area (Å²) in [5, 5.41) is 17.0. The van der Waals surface area contributed by atoms with Crippen molar-refractivity contribution in [3.63, 3.8) is 0 Å². The van der Waals surface area contributed by atoms with E-state index in [9.17, 15) is 14.9 Å². The van der Waals surface area contributed by atoms with Gasteiger partial charge in [-0.1, -0.05) is 12.2 Å². The zero-order chi connectivity index (χ0) is 15.9. The number of nitriles is 1. The quantitative estimate of drug-likeness (QED) is 0.822. The Labute approximate surface area is 125 Å². The van der Waals surface area contributed by atoms with E-state index in [0.717, 1.165) is 17.6 Å². The molecule has 3 rings (SSSR count). The van der Waals surface area contributed by atoms with Crippen LogP contribution in [0.15, 0.2) is 34.0 Å². The molecule has 0 bridgehead atoms. The average Bonchev–Trinajstić information content (AvgIpc) is 3.27. The van der Waals surface area contributed by atoms with Gasteiger partial charge in [0.15, 0.2) is 5.69 Å². The van der Waals surface area contributed by atoms with Gasteiger partial charge in [0.25, 0.3) is 5.56 Å². The Balaban J connectivity index is 2.08. The average molecular weight is 295 g/mol. The van der Waals surface area contributed by atoms with Gasteiger partial charge in [-0.25, -0.2) is 4.79 Å². The predicted molar refractivity (Wildman–Crippen MR) is 79.1 cm³/mol. The Kier molecular flexibility index (Phi) is 3.22. The predicted octanol–water partition coefficient (Wildman–Crippen LogP) is 1.07. The number of aromatic amines is 2. The second-order valence-corrected chi connectivity index (χ2v) is 5.43. The number of aromatic nitrogens is 4. The highest BCUT2D eigenvalue weighted by Gasteiger charge is 2.40. The normalized spacial score (nSPS) is 19.5. The number of hydrogen-bond acceptors (Lipinski definition) is 5. The van der Waals surface area contributed by atoms with E-state index in [-0.39, 0.29) is 17.2 Å². The van der Waals surface area contributed by atoms with Gasteiger partial charge in [-0.05, 0) is 36.8 Å². The highest BCUT2D eigenvalue weighted by Crippen LogP contribution is 2.52. The van der Waals surface area contributed by atoms with Crippen LogP contribution in [0.4, 0.5) is 0 Å². The molecule has 1 saturated carbocycles. The molecule has 2 N–H and O–H groups in total. The highest BCUT2D eigenvalue weighted by molar-refractivity contribution is 5.58. The molecule has 7 heteroatoms. The molecule has 2 atom stereocenters. The van der Waals surface area contributed by atoms with Gasteiger partial charge in [0, 0.05) is 6.20 Å². The number of nitrogens with zero attached hydrogens (tertiary/aromatic N) is 3. The lowest BCUT2D eigenvalue weighted by atomic mass is 10.0. The van der Waals surface area contributed by atoms with E-state index in [0.29, 0.717) is 11.6 Å². The van der Waals surface area contributed by atoms with Gasteiger partial charge in [0.1, 0.15) is 11.8 Å². The molecule has 0 aliphatic heterocycles. The topological polar surface area (TPSA) is 115 Å². The second-order valence-electron chi connectivity index (χ2n) is 5.43. The summed E-state index contributed by atoms with van der Waals surface area (Å²) in [6.07, 6.45) is 2.21. The zero-order valence-corrected chi connectivity index (χ0v) is 11.9. The van der Waals surface area contributed by atoms with Crippen molar-refractivity contribution in [2.45, 2.75) is 19.3 Å². The smallest absolute Gasteiger partial charge is 0.313 e. The summed E-state index contributed by atoms with van der Waals surface area (Å²) in [6.45, 7) is 5.90. The molecule has 22 heavy (non-hydrogen) atoms. The Hall–Kier alpha value is -3.01. The van der Waals surface area contributed by atoms with E-state index in [1.807, 2.05) is 13.0 Å². The highest BCUT2D eigenvalue weighted by atomic mass is 16.2. The number of H-pyrrole nitrogens is 2. The first-order valence-corrected chi connectivity index (χ1v) is 6.76. The molecular formula is C15H13N5O2. The minimum Gasteiger partial charge on any atom is -0.313 e. The van der Waals surface area contributed by atoms with Crippen LogP contribution in [0.1, 0.15) is 30.5 Å². The van der Waals surface area contributed by atoms with E-state index in [4.69, 9.17) is 0 Å². The summed E-state index contributed by atoms with van der Waals surface area (Å²) < 4.78 is 0. The van der Waals surface area contributed by atoms with Gasteiger partial charge >= 0.3 is 5.69 Å². The monoisotopic (exact) mass is 295 g/mol. The van der Waals surface area contributed by atoms with Crippen LogP contribution in [0.5, 0.6) is 0 Å². The van der Waals surface area contributed by atoms with Crippen molar-refractivity contribution in [2.75, 3.05) is 0 Å². The molecule has 1 aliphatic carbocycles. The van der Waals surface area contributed by atoms with Crippen LogP contribution < -0.4 is 11.2 Å². The molecule has 1 aliphatic rings. The second kappa shape index (κ2) is 5.07. The zero-order valence-electron chi connectivity index (χ0n) is 11.9. The van der Waals surface area contributed by atoms with Crippen LogP contribution in [-0.2, 0) is 0 Å². The number of allylic oxidation sites excluding steroid dienone is 1. The minimum absolute atomic E-state index is 0.184. The molecule has 0 aromatic carbocycles. The van der Waals surface area contributed by atoms with Crippen LogP contribution >= 0.6 is 0 Å². The van der Waals surface area contributed by atoms with Crippen molar-refractivity contribution in [1.29, 1.82) is 5.26 Å². The fourth-order valence-corrected chi connectivity index (χ4v) is 2.59. The molecule has 7 nitrogen and oxygen atoms in total. The molecule has 0 radical (unpaired) electrons. The lowest BCUT2D eigenvalue weighted by Crippen LogP contribution is -2.23. The van der Waals surface area contributed by atoms with Crippen molar-refractivity contribution in [3.05, 3.63) is 56.5 Å². The van der Waals surface area contributed by atoms with Crippen molar-refractivity contribution < 1.29 is 0 Å². The lowest BCUT2D eigenvalue weighted by Gasteiger charge is -2.05. The van der Waals surface area contributed by atoms with Crippen LogP contribution in [-0.4, -0.2) is 20.2 Å². The third kappa shape index (κ3) is 2.35. The Morgan fingerprint density at radius 1 is 1.45 bits per heavy atom. The SMILES string of the molecule is C=C(C)[C@H]1C[C@@H]1c1cc(-c2c[nH]c(=O)[nH]c2=O)nnc1C#N. The maximum Gasteiger partial charge on any atom is 0.325 e. The Morgan fingerprint density at radius 2 is 2.23 bits per heavy atom. The third-order valence-corrected chi connectivity index (χ3v) is 3.85. The van der Waals surface area contributed by atoms with Crippen molar-refractivity contribution in [3.8, 4) is 17.3 Å². The molecule has 2 heterocycles. The van der Waals surface area contributed by atoms with Gasteiger partial charge < -0.3 is 4.98 Å². The minimum atomic E-state index is -0.583. The first-order chi connectivity index (χ1) is 10.5. The van der Waals surface area contributed by atoms with E-state index in [1.54, 1.807) is 6.07 Å². The molecule has 0 spiro atoms. The summed E-state index contributed by atoms with van der Waals surface area (Å²) in [5.41, 5.74) is 1.52. The Bertz CT molecular complexity index is 919. The van der Waals surface area contributed by atoms with Crippen LogP contribution in [0.25, 0.3) is 11.3 Å². The van der Waals surface area contributed by atoms with Crippen LogP contribution in [0, 0.1) is 17.2 Å². The largest absolute Gasteiger partial charge is 0.325 e. The molecular weight excluding hydrogens is 282 g/mol. The van der Waals surface area contributed by atoms with E-state index < -0.39 is 11.2 Å². The van der Waals surface area contributed by atoms with Crippen molar-refractivity contribution in [2.24, 2.45) is 5.92 Å². The molecule has 0 amide bonds. The fraction of sp³-hybridized carbons (Fsp3) is 0.267. The summed E-state index contributed by atoms with van der Waals surface area (Å²) in [6, 6.07) is 3.73. The third-order valence-electron chi connectivity index (χ3n) is 3.85. The number of hydrogen-bond donors (Lipinski definition) is 2. The van der Waals surface area contributed by atoms with Crippen LogP contribution in [0.2, 0.25) is 0 Å². The molecule has 110 valence electrons.